The monoisotopic (exact) mass is 151 g/mol. The van der Waals surface area contributed by atoms with Crippen LogP contribution in [0, 0.1) is 0 Å². The van der Waals surface area contributed by atoms with Gasteiger partial charge in [-0.1, -0.05) is 0 Å². The number of nitrogens with zero attached hydrogens (tertiary/aromatic N) is 1. The molecule has 1 heterocycles. The summed E-state index contributed by atoms with van der Waals surface area (Å²) in [5.74, 6) is 0. The second kappa shape index (κ2) is 2.14. The predicted molar refractivity (Wildman–Crippen MR) is 28.3 cm³/mol. The zero-order valence-corrected chi connectivity index (χ0v) is 5.06. The van der Waals surface area contributed by atoms with E-state index >= 15 is 0 Å². The molecule has 0 saturated carbocycles. The number of anilines is 1. The van der Waals surface area contributed by atoms with Crippen molar-refractivity contribution in [3.63, 3.8) is 0 Å². The van der Waals surface area contributed by atoms with Gasteiger partial charge < -0.3 is 0 Å². The fourth-order valence-electron chi connectivity index (χ4n) is 0.389. The molecule has 3 heteroatoms. The van der Waals surface area contributed by atoms with Gasteiger partial charge in [0.15, 0.2) is 0 Å². The van der Waals surface area contributed by atoms with E-state index in [2.05, 4.69) is 20.4 Å². The molecule has 0 fully saturated rings. The average molecular weight is 152 g/mol. The molecule has 0 aliphatic rings. The first kappa shape index (κ1) is 5.58. The second-order valence-corrected chi connectivity index (χ2v) is 1.82. The second-order valence-electron chi connectivity index (χ2n) is 1.35. The van der Waals surface area contributed by atoms with E-state index in [1.165, 1.54) is 0 Å². The Bertz CT molecular complexity index is 167. The van der Waals surface area contributed by atoms with Gasteiger partial charge in [0.05, 0.1) is 0 Å². The third kappa shape index (κ3) is 0.985. The van der Waals surface area contributed by atoms with Crippen LogP contribution in [0.1, 0.15) is 0 Å². The van der Waals surface area contributed by atoms with Crippen molar-refractivity contribution in [3.8, 4) is 0 Å². The van der Waals surface area contributed by atoms with Crippen LogP contribution in [0.25, 0.3) is 0 Å². The average Bonchev–Trinajstić information content (AvgIpc) is 1.77. The van der Waals surface area contributed by atoms with Crippen molar-refractivity contribution >= 4 is 10.4 Å². The first-order valence-corrected chi connectivity index (χ1v) is 2.63. The van der Waals surface area contributed by atoms with Crippen LogP contribution in [0.5, 0.6) is 0 Å². The van der Waals surface area contributed by atoms with Crippen LogP contribution in [0.4, 0.5) is 5.69 Å². The molecule has 0 radical (unpaired) electrons. The van der Waals surface area contributed by atoms with E-state index in [0.717, 1.165) is 0 Å². The summed E-state index contributed by atoms with van der Waals surface area (Å²) < 4.78 is 0.521. The van der Waals surface area contributed by atoms with Crippen molar-refractivity contribution in [2.75, 3.05) is 5.73 Å². The Balaban J connectivity index is 3.13. The van der Waals surface area contributed by atoms with Crippen LogP contribution < -0.4 is 10.4 Å². The molecule has 0 atom stereocenters. The van der Waals surface area contributed by atoms with E-state index in [0.29, 0.717) is 10.4 Å². The minimum absolute atomic E-state index is 0.521. The van der Waals surface area contributed by atoms with Gasteiger partial charge in [0, 0.05) is 0 Å². The molecule has 0 aliphatic heterocycles. The fraction of sp³-hybridized carbons (Fsp3) is 0. The Morgan fingerprint density at radius 2 is 2.38 bits per heavy atom. The molecule has 1 aromatic rings. The van der Waals surface area contributed by atoms with Crippen LogP contribution >= 0.6 is 0 Å². The summed E-state index contributed by atoms with van der Waals surface area (Å²) in [5.41, 5.74) is 5.95. The van der Waals surface area contributed by atoms with Crippen molar-refractivity contribution in [2.45, 2.75) is 0 Å². The van der Waals surface area contributed by atoms with Crippen molar-refractivity contribution in [1.29, 1.82) is 0 Å². The van der Waals surface area contributed by atoms with Crippen LogP contribution in [0.15, 0.2) is 18.3 Å². The van der Waals surface area contributed by atoms with Crippen LogP contribution in [-0.4, -0.2) is 4.98 Å². The van der Waals surface area contributed by atoms with Gasteiger partial charge >= 0.3 is 54.9 Å². The summed E-state index contributed by atoms with van der Waals surface area (Å²) in [6, 6.07) is 3.50. The summed E-state index contributed by atoms with van der Waals surface area (Å²) >= 11 is 4.43. The molecule has 8 heavy (non-hydrogen) atoms. The summed E-state index contributed by atoms with van der Waals surface area (Å²) in [4.78, 5) is 3.79. The van der Waals surface area contributed by atoms with Crippen molar-refractivity contribution in [2.24, 2.45) is 0 Å². The molecule has 0 aliphatic carbocycles. The number of pyridine rings is 1. The standard InChI is InChI=1S/C5H5N2.Ni/c6-5-2-1-3-7-4-5;/h1-3H,6H2;. The SMILES string of the molecule is Nc1cccn[c]1[Ni]. The van der Waals surface area contributed by atoms with E-state index in [9.17, 15) is 0 Å². The molecule has 1 aromatic heterocycles. The third-order valence-corrected chi connectivity index (χ3v) is 1.17. The van der Waals surface area contributed by atoms with Gasteiger partial charge in [-0.25, -0.2) is 0 Å². The van der Waals surface area contributed by atoms with Gasteiger partial charge in [0.25, 0.3) is 0 Å². The molecule has 1 rings (SSSR count). The Hall–Kier alpha value is -0.556. The fourth-order valence-corrected chi connectivity index (χ4v) is 0.545. The minimum atomic E-state index is 0.521. The van der Waals surface area contributed by atoms with Gasteiger partial charge in [-0.3, -0.25) is 0 Å². The molecule has 0 amide bonds. The van der Waals surface area contributed by atoms with E-state index in [-0.39, 0.29) is 0 Å². The van der Waals surface area contributed by atoms with E-state index < -0.39 is 0 Å². The van der Waals surface area contributed by atoms with Crippen molar-refractivity contribution in [3.05, 3.63) is 18.3 Å². The molecule has 0 aromatic carbocycles. The van der Waals surface area contributed by atoms with Gasteiger partial charge in [0.1, 0.15) is 0 Å². The summed E-state index contributed by atoms with van der Waals surface area (Å²) in [7, 11) is 0. The zero-order valence-electron chi connectivity index (χ0n) is 4.07. The van der Waals surface area contributed by atoms with Crippen molar-refractivity contribution < 1.29 is 15.5 Å². The van der Waals surface area contributed by atoms with Gasteiger partial charge in [-0.2, -0.15) is 0 Å². The van der Waals surface area contributed by atoms with Crippen molar-refractivity contribution in [1.82, 2.24) is 4.98 Å². The van der Waals surface area contributed by atoms with Gasteiger partial charge in [-0.15, -0.1) is 0 Å². The van der Waals surface area contributed by atoms with E-state index in [1.807, 2.05) is 0 Å². The Morgan fingerprint density at radius 1 is 1.62 bits per heavy atom. The third-order valence-electron chi connectivity index (χ3n) is 0.762. The van der Waals surface area contributed by atoms with E-state index in [1.54, 1.807) is 18.3 Å². The molecule has 2 N–H and O–H groups in total. The first-order valence-electron chi connectivity index (χ1n) is 2.13. The Kier molecular flexibility index (Phi) is 1.49. The first-order chi connectivity index (χ1) is 3.80. The topological polar surface area (TPSA) is 38.9 Å². The Labute approximate surface area is 55.5 Å². The van der Waals surface area contributed by atoms with Crippen LogP contribution in [-0.2, 0) is 15.5 Å². The molecule has 0 bridgehead atoms. The van der Waals surface area contributed by atoms with E-state index in [4.69, 9.17) is 5.73 Å². The molecular formula is C5H5N2Ni. The molecule has 0 unspecified atom stereocenters. The molecule has 0 saturated heterocycles. The predicted octanol–water partition coefficient (Wildman–Crippen LogP) is -0.164. The normalized spacial score (nSPS) is 9.25. The molecule has 2 nitrogen and oxygen atoms in total. The number of hydrogen-bond donors (Lipinski definition) is 1. The number of nitrogens with two attached hydrogens (primary N) is 1. The molecule has 0 spiro atoms. The number of rotatable bonds is 0. The van der Waals surface area contributed by atoms with Gasteiger partial charge in [-0.05, 0) is 0 Å². The quantitative estimate of drug-likeness (QED) is 0.524. The molecular weight excluding hydrogens is 147 g/mol. The zero-order chi connectivity index (χ0) is 5.98. The summed E-state index contributed by atoms with van der Waals surface area (Å²) in [6.45, 7) is 0. The maximum atomic E-state index is 5.36. The Morgan fingerprint density at radius 3 is 2.75 bits per heavy atom. The molecule has 45 valence electrons. The van der Waals surface area contributed by atoms with Crippen LogP contribution in [0.3, 0.4) is 0 Å². The van der Waals surface area contributed by atoms with Crippen LogP contribution in [0.2, 0.25) is 0 Å². The summed E-state index contributed by atoms with van der Waals surface area (Å²) in [6.07, 6.45) is 1.63. The maximum absolute atomic E-state index is 5.36. The number of nitrogen functional groups attached to an aromatic ring is 1. The van der Waals surface area contributed by atoms with Gasteiger partial charge in [0.2, 0.25) is 0 Å². The number of hydrogen-bond acceptors (Lipinski definition) is 2. The summed E-state index contributed by atoms with van der Waals surface area (Å²) in [5, 5.41) is 0. The number of aromatic nitrogens is 1.